The van der Waals surface area contributed by atoms with E-state index in [1.54, 1.807) is 17.0 Å². The van der Waals surface area contributed by atoms with Crippen molar-refractivity contribution >= 4 is 11.0 Å². The van der Waals surface area contributed by atoms with Crippen molar-refractivity contribution in [1.29, 1.82) is 0 Å². The molecule has 0 amide bonds. The molecule has 0 radical (unpaired) electrons. The zero-order valence-corrected chi connectivity index (χ0v) is 14.2. The number of aromatic nitrogens is 4. The van der Waals surface area contributed by atoms with E-state index in [0.29, 0.717) is 37.2 Å². The maximum absolute atomic E-state index is 13.0. The molecule has 1 fully saturated rings. The summed E-state index contributed by atoms with van der Waals surface area (Å²) in [6.07, 6.45) is 5.76. The van der Waals surface area contributed by atoms with E-state index in [1.165, 1.54) is 0 Å². The molecule has 3 aromatic heterocycles. The van der Waals surface area contributed by atoms with Crippen LogP contribution in [0.2, 0.25) is 0 Å². The smallest absolute Gasteiger partial charge is 0.280 e. The second-order valence-corrected chi connectivity index (χ2v) is 6.69. The number of aryl methyl sites for hydroxylation is 1. The van der Waals surface area contributed by atoms with Crippen molar-refractivity contribution < 1.29 is 9.47 Å². The standard InChI is InChI=1S/C19H18N4O3/c24-18-17-15(10-13(11-21-17)14-4-1-2-7-20-14)22-16-5-3-6-19(12-23(16)18)25-8-9-26-19/h1-2,4,7,10-11H,3,5-6,8-9,12H2. The molecule has 26 heavy (non-hydrogen) atoms. The van der Waals surface area contributed by atoms with Crippen molar-refractivity contribution in [3.8, 4) is 11.3 Å². The summed E-state index contributed by atoms with van der Waals surface area (Å²) in [5.41, 5.74) is 2.49. The summed E-state index contributed by atoms with van der Waals surface area (Å²) in [5.74, 6) is 0.0664. The summed E-state index contributed by atoms with van der Waals surface area (Å²) < 4.78 is 13.3. The van der Waals surface area contributed by atoms with Gasteiger partial charge in [-0.1, -0.05) is 6.07 Å². The Labute approximate surface area is 149 Å². The van der Waals surface area contributed by atoms with Crippen molar-refractivity contribution in [3.63, 3.8) is 0 Å². The molecule has 0 aliphatic carbocycles. The first-order valence-corrected chi connectivity index (χ1v) is 8.83. The molecule has 0 N–H and O–H groups in total. The second-order valence-electron chi connectivity index (χ2n) is 6.69. The molecule has 1 saturated heterocycles. The van der Waals surface area contributed by atoms with Gasteiger partial charge in [0.2, 0.25) is 0 Å². The summed E-state index contributed by atoms with van der Waals surface area (Å²) in [5, 5.41) is 0. The van der Waals surface area contributed by atoms with Gasteiger partial charge in [-0.25, -0.2) is 9.97 Å². The number of ether oxygens (including phenoxy) is 2. The van der Waals surface area contributed by atoms with Gasteiger partial charge in [0.25, 0.3) is 5.56 Å². The topological polar surface area (TPSA) is 79.1 Å². The van der Waals surface area contributed by atoms with Gasteiger partial charge in [-0.3, -0.25) is 14.3 Å². The predicted octanol–water partition coefficient (Wildman–Crippen LogP) is 1.93. The normalized spacial score (nSPS) is 18.8. The van der Waals surface area contributed by atoms with Crippen molar-refractivity contribution in [1.82, 2.24) is 19.5 Å². The van der Waals surface area contributed by atoms with Gasteiger partial charge in [0.1, 0.15) is 5.82 Å². The highest BCUT2D eigenvalue weighted by Gasteiger charge is 2.39. The van der Waals surface area contributed by atoms with E-state index in [0.717, 1.165) is 29.9 Å². The van der Waals surface area contributed by atoms with Crippen LogP contribution in [0.15, 0.2) is 41.5 Å². The average molecular weight is 350 g/mol. The summed E-state index contributed by atoms with van der Waals surface area (Å²) in [4.78, 5) is 26.5. The fraction of sp³-hybridized carbons (Fsp3) is 0.368. The molecular weight excluding hydrogens is 332 g/mol. The number of nitrogens with zero attached hydrogens (tertiary/aromatic N) is 4. The van der Waals surface area contributed by atoms with Crippen LogP contribution >= 0.6 is 0 Å². The summed E-state index contributed by atoms with van der Waals surface area (Å²) in [6, 6.07) is 7.59. The molecule has 5 heterocycles. The van der Waals surface area contributed by atoms with Crippen LogP contribution in [-0.4, -0.2) is 38.5 Å². The molecule has 7 nitrogen and oxygen atoms in total. The molecule has 1 spiro atoms. The van der Waals surface area contributed by atoms with Crippen molar-refractivity contribution in [2.75, 3.05) is 13.2 Å². The average Bonchev–Trinajstić information content (AvgIpc) is 3.05. The van der Waals surface area contributed by atoms with E-state index < -0.39 is 5.79 Å². The third kappa shape index (κ3) is 2.51. The lowest BCUT2D eigenvalue weighted by atomic mass is 10.1. The fourth-order valence-corrected chi connectivity index (χ4v) is 3.74. The van der Waals surface area contributed by atoms with Crippen molar-refractivity contribution in [2.45, 2.75) is 31.6 Å². The van der Waals surface area contributed by atoms with Crippen LogP contribution in [-0.2, 0) is 22.4 Å². The van der Waals surface area contributed by atoms with Crippen molar-refractivity contribution in [3.05, 3.63) is 52.8 Å². The molecule has 2 aliphatic rings. The first-order valence-electron chi connectivity index (χ1n) is 8.83. The molecule has 0 bridgehead atoms. The quantitative estimate of drug-likeness (QED) is 0.667. The van der Waals surface area contributed by atoms with E-state index in [1.807, 2.05) is 24.3 Å². The second kappa shape index (κ2) is 5.96. The molecule has 0 saturated carbocycles. The highest BCUT2D eigenvalue weighted by atomic mass is 16.7. The van der Waals surface area contributed by atoms with E-state index in [-0.39, 0.29) is 5.56 Å². The Morgan fingerprint density at radius 2 is 2.04 bits per heavy atom. The highest BCUT2D eigenvalue weighted by Crippen LogP contribution is 2.30. The van der Waals surface area contributed by atoms with Gasteiger partial charge in [0.15, 0.2) is 11.3 Å². The van der Waals surface area contributed by atoms with Crippen LogP contribution in [0.4, 0.5) is 0 Å². The number of pyridine rings is 2. The van der Waals surface area contributed by atoms with E-state index >= 15 is 0 Å². The fourth-order valence-electron chi connectivity index (χ4n) is 3.74. The van der Waals surface area contributed by atoms with Gasteiger partial charge in [-0.05, 0) is 24.6 Å². The van der Waals surface area contributed by atoms with Gasteiger partial charge < -0.3 is 9.47 Å². The number of rotatable bonds is 1. The molecule has 3 aromatic rings. The number of fused-ring (bicyclic) bond motifs is 2. The molecule has 5 rings (SSSR count). The zero-order valence-electron chi connectivity index (χ0n) is 14.2. The Morgan fingerprint density at radius 3 is 2.85 bits per heavy atom. The SMILES string of the molecule is O=c1c2ncc(-c3ccccn3)cc2nc2n1CC1(CCC2)OCCO1. The van der Waals surface area contributed by atoms with Crippen LogP contribution in [0.3, 0.4) is 0 Å². The molecule has 0 atom stereocenters. The molecular formula is C19H18N4O3. The minimum Gasteiger partial charge on any atom is -0.346 e. The Bertz CT molecular complexity index is 1030. The Kier molecular flexibility index (Phi) is 3.58. The van der Waals surface area contributed by atoms with Gasteiger partial charge in [-0.15, -0.1) is 0 Å². The first kappa shape index (κ1) is 15.6. The molecule has 0 aromatic carbocycles. The first-order chi connectivity index (χ1) is 12.7. The summed E-state index contributed by atoms with van der Waals surface area (Å²) in [6.45, 7) is 1.50. The Morgan fingerprint density at radius 1 is 1.15 bits per heavy atom. The lowest BCUT2D eigenvalue weighted by molar-refractivity contribution is -0.170. The van der Waals surface area contributed by atoms with Crippen molar-refractivity contribution in [2.24, 2.45) is 0 Å². The predicted molar refractivity (Wildman–Crippen MR) is 94.6 cm³/mol. The molecule has 0 unspecified atom stereocenters. The maximum atomic E-state index is 13.0. The van der Waals surface area contributed by atoms with Crippen LogP contribution in [0.5, 0.6) is 0 Å². The maximum Gasteiger partial charge on any atom is 0.280 e. The number of hydrogen-bond acceptors (Lipinski definition) is 6. The summed E-state index contributed by atoms with van der Waals surface area (Å²) in [7, 11) is 0. The van der Waals surface area contributed by atoms with Gasteiger partial charge in [0, 0.05) is 30.8 Å². The monoisotopic (exact) mass is 350 g/mol. The molecule has 7 heteroatoms. The van der Waals surface area contributed by atoms with Crippen LogP contribution < -0.4 is 5.56 Å². The van der Waals surface area contributed by atoms with E-state index in [4.69, 9.17) is 14.5 Å². The third-order valence-electron chi connectivity index (χ3n) is 5.01. The highest BCUT2D eigenvalue weighted by molar-refractivity contribution is 5.78. The van der Waals surface area contributed by atoms with Crippen LogP contribution in [0.25, 0.3) is 22.3 Å². The third-order valence-corrected chi connectivity index (χ3v) is 5.01. The number of hydrogen-bond donors (Lipinski definition) is 0. The minimum atomic E-state index is -0.696. The lowest BCUT2D eigenvalue weighted by Gasteiger charge is -2.26. The Hall–Kier alpha value is -2.64. The zero-order chi connectivity index (χ0) is 17.6. The molecule has 132 valence electrons. The van der Waals surface area contributed by atoms with E-state index in [2.05, 4.69) is 9.97 Å². The van der Waals surface area contributed by atoms with Gasteiger partial charge in [0.05, 0.1) is 31.0 Å². The Balaban J connectivity index is 1.64. The molecule has 2 aliphatic heterocycles. The summed E-state index contributed by atoms with van der Waals surface area (Å²) >= 11 is 0. The van der Waals surface area contributed by atoms with Gasteiger partial charge >= 0.3 is 0 Å². The van der Waals surface area contributed by atoms with E-state index in [9.17, 15) is 4.79 Å². The van der Waals surface area contributed by atoms with Gasteiger partial charge in [-0.2, -0.15) is 0 Å². The lowest BCUT2D eigenvalue weighted by Crippen LogP contribution is -2.39. The van der Waals surface area contributed by atoms with Crippen LogP contribution in [0, 0.1) is 0 Å². The largest absolute Gasteiger partial charge is 0.346 e. The minimum absolute atomic E-state index is 0.141. The van der Waals surface area contributed by atoms with Crippen LogP contribution in [0.1, 0.15) is 18.7 Å².